The molecule has 19 heavy (non-hydrogen) atoms. The van der Waals surface area contributed by atoms with Gasteiger partial charge in [-0.2, -0.15) is 0 Å². The van der Waals surface area contributed by atoms with Gasteiger partial charge in [0, 0.05) is 23.3 Å². The first-order chi connectivity index (χ1) is 9.31. The van der Waals surface area contributed by atoms with E-state index in [9.17, 15) is 0 Å². The molecule has 1 unspecified atom stereocenters. The molecular formula is C15H13ClN2O. The number of nitrogens with one attached hydrogen (secondary N) is 1. The molecule has 1 atom stereocenters. The minimum Gasteiger partial charge on any atom is -0.453 e. The maximum Gasteiger partial charge on any atom is 0.198 e. The maximum atomic E-state index is 6.09. The molecule has 96 valence electrons. The van der Waals surface area contributed by atoms with Crippen molar-refractivity contribution in [3.8, 4) is 0 Å². The van der Waals surface area contributed by atoms with Crippen LogP contribution in [0.4, 0.5) is 0 Å². The van der Waals surface area contributed by atoms with E-state index in [1.807, 2.05) is 37.6 Å². The van der Waals surface area contributed by atoms with Crippen molar-refractivity contribution in [3.05, 3.63) is 65.3 Å². The van der Waals surface area contributed by atoms with Crippen molar-refractivity contribution in [3.63, 3.8) is 0 Å². The molecule has 0 aliphatic heterocycles. The van der Waals surface area contributed by atoms with Crippen LogP contribution >= 0.6 is 11.6 Å². The number of hydrogen-bond acceptors (Lipinski definition) is 3. The van der Waals surface area contributed by atoms with E-state index in [0.29, 0.717) is 5.22 Å². The van der Waals surface area contributed by atoms with Crippen LogP contribution in [0.15, 0.2) is 53.4 Å². The number of benzene rings is 1. The van der Waals surface area contributed by atoms with Crippen molar-refractivity contribution in [1.29, 1.82) is 0 Å². The lowest BCUT2D eigenvalue weighted by molar-refractivity contribution is 0.560. The van der Waals surface area contributed by atoms with Gasteiger partial charge >= 0.3 is 0 Å². The second-order valence-corrected chi connectivity index (χ2v) is 4.66. The van der Waals surface area contributed by atoms with Crippen LogP contribution in [0.5, 0.6) is 0 Å². The second kappa shape index (κ2) is 5.03. The summed E-state index contributed by atoms with van der Waals surface area (Å²) >= 11 is 6.09. The van der Waals surface area contributed by atoms with Crippen molar-refractivity contribution in [2.45, 2.75) is 6.04 Å². The molecular weight excluding hydrogens is 260 g/mol. The molecule has 2 heterocycles. The van der Waals surface area contributed by atoms with E-state index >= 15 is 0 Å². The van der Waals surface area contributed by atoms with E-state index in [1.165, 1.54) is 0 Å². The van der Waals surface area contributed by atoms with Gasteiger partial charge in [0.25, 0.3) is 0 Å². The van der Waals surface area contributed by atoms with E-state index < -0.39 is 0 Å². The molecule has 0 bridgehead atoms. The van der Waals surface area contributed by atoms with Crippen LogP contribution in [0.2, 0.25) is 5.22 Å². The molecule has 0 saturated carbocycles. The second-order valence-electron chi connectivity index (χ2n) is 4.32. The van der Waals surface area contributed by atoms with Gasteiger partial charge in [-0.15, -0.1) is 0 Å². The fraction of sp³-hybridized carbons (Fsp3) is 0.133. The van der Waals surface area contributed by atoms with E-state index in [2.05, 4.69) is 22.4 Å². The van der Waals surface area contributed by atoms with Crippen LogP contribution in [-0.2, 0) is 0 Å². The average molecular weight is 273 g/mol. The predicted octanol–water partition coefficient (Wildman–Crippen LogP) is 3.79. The molecule has 3 aromatic rings. The third-order valence-corrected chi connectivity index (χ3v) is 3.56. The van der Waals surface area contributed by atoms with Gasteiger partial charge in [-0.05, 0) is 35.7 Å². The number of pyridine rings is 1. The van der Waals surface area contributed by atoms with Gasteiger partial charge in [0.2, 0.25) is 0 Å². The summed E-state index contributed by atoms with van der Waals surface area (Å²) in [6, 6.07) is 10.0. The monoisotopic (exact) mass is 272 g/mol. The van der Waals surface area contributed by atoms with Crippen molar-refractivity contribution in [2.24, 2.45) is 0 Å². The standard InChI is InChI=1S/C15H13ClN2O/c1-17-14(12-6-7-19-15(12)16)13-9-18-8-10-4-2-3-5-11(10)13/h2-9,14,17H,1H3. The van der Waals surface area contributed by atoms with Gasteiger partial charge in [-0.25, -0.2) is 0 Å². The van der Waals surface area contributed by atoms with Gasteiger partial charge in [-0.3, -0.25) is 4.98 Å². The summed E-state index contributed by atoms with van der Waals surface area (Å²) in [5.41, 5.74) is 2.01. The van der Waals surface area contributed by atoms with Crippen LogP contribution in [0.3, 0.4) is 0 Å². The Bertz CT molecular complexity index is 703. The zero-order chi connectivity index (χ0) is 13.2. The van der Waals surface area contributed by atoms with E-state index in [1.54, 1.807) is 6.26 Å². The number of furan rings is 1. The highest BCUT2D eigenvalue weighted by atomic mass is 35.5. The molecule has 3 rings (SSSR count). The van der Waals surface area contributed by atoms with Crippen LogP contribution in [0, 0.1) is 0 Å². The third-order valence-electron chi connectivity index (χ3n) is 3.26. The highest BCUT2D eigenvalue weighted by molar-refractivity contribution is 6.29. The Morgan fingerprint density at radius 3 is 2.74 bits per heavy atom. The number of aromatic nitrogens is 1. The molecule has 0 fully saturated rings. The summed E-state index contributed by atoms with van der Waals surface area (Å²) in [6.07, 6.45) is 5.33. The van der Waals surface area contributed by atoms with Crippen molar-refractivity contribution in [1.82, 2.24) is 10.3 Å². The maximum absolute atomic E-state index is 6.09. The van der Waals surface area contributed by atoms with Crippen molar-refractivity contribution in [2.75, 3.05) is 7.05 Å². The van der Waals surface area contributed by atoms with Crippen molar-refractivity contribution < 1.29 is 4.42 Å². The van der Waals surface area contributed by atoms with Gasteiger partial charge in [0.05, 0.1) is 12.3 Å². The van der Waals surface area contributed by atoms with Crippen molar-refractivity contribution >= 4 is 22.4 Å². The molecule has 3 nitrogen and oxygen atoms in total. The molecule has 0 saturated heterocycles. The van der Waals surface area contributed by atoms with Gasteiger partial charge in [0.15, 0.2) is 5.22 Å². The topological polar surface area (TPSA) is 38.1 Å². The fourth-order valence-corrected chi connectivity index (χ4v) is 2.58. The zero-order valence-corrected chi connectivity index (χ0v) is 11.2. The summed E-state index contributed by atoms with van der Waals surface area (Å²) in [5.74, 6) is 0. The molecule has 0 spiro atoms. The summed E-state index contributed by atoms with van der Waals surface area (Å²) in [6.45, 7) is 0. The molecule has 2 aromatic heterocycles. The Hall–Kier alpha value is -1.84. The van der Waals surface area contributed by atoms with E-state index in [-0.39, 0.29) is 6.04 Å². The summed E-state index contributed by atoms with van der Waals surface area (Å²) < 4.78 is 5.19. The minimum atomic E-state index is -0.0372. The normalized spacial score (nSPS) is 12.7. The minimum absolute atomic E-state index is 0.0372. The summed E-state index contributed by atoms with van der Waals surface area (Å²) in [5, 5.41) is 5.95. The highest BCUT2D eigenvalue weighted by Crippen LogP contribution is 2.32. The predicted molar refractivity (Wildman–Crippen MR) is 76.4 cm³/mol. The summed E-state index contributed by atoms with van der Waals surface area (Å²) in [7, 11) is 1.90. The Balaban J connectivity index is 2.20. The lowest BCUT2D eigenvalue weighted by Gasteiger charge is -2.17. The molecule has 0 aliphatic carbocycles. The molecule has 1 aromatic carbocycles. The first-order valence-electron chi connectivity index (χ1n) is 6.04. The molecule has 1 N–H and O–H groups in total. The first-order valence-corrected chi connectivity index (χ1v) is 6.42. The lowest BCUT2D eigenvalue weighted by atomic mass is 9.98. The Morgan fingerprint density at radius 1 is 1.16 bits per heavy atom. The Kier molecular flexibility index (Phi) is 3.23. The SMILES string of the molecule is CNC(c1ccoc1Cl)c1cncc2ccccc12. The van der Waals surface area contributed by atoms with Crippen LogP contribution in [0.1, 0.15) is 17.2 Å². The first kappa shape index (κ1) is 12.2. The van der Waals surface area contributed by atoms with Gasteiger partial charge < -0.3 is 9.73 Å². The van der Waals surface area contributed by atoms with Crippen LogP contribution in [0.25, 0.3) is 10.8 Å². The zero-order valence-electron chi connectivity index (χ0n) is 10.4. The highest BCUT2D eigenvalue weighted by Gasteiger charge is 2.19. The number of fused-ring (bicyclic) bond motifs is 1. The Labute approximate surface area is 116 Å². The number of hydrogen-bond donors (Lipinski definition) is 1. The smallest absolute Gasteiger partial charge is 0.198 e. The van der Waals surface area contributed by atoms with Gasteiger partial charge in [-0.1, -0.05) is 24.3 Å². The van der Waals surface area contributed by atoms with Gasteiger partial charge in [0.1, 0.15) is 0 Å². The quantitative estimate of drug-likeness (QED) is 0.788. The fourth-order valence-electron chi connectivity index (χ4n) is 2.36. The van der Waals surface area contributed by atoms with E-state index in [4.69, 9.17) is 16.0 Å². The molecule has 0 aliphatic rings. The van der Waals surface area contributed by atoms with E-state index in [0.717, 1.165) is 21.9 Å². The van der Waals surface area contributed by atoms with Crippen LogP contribution in [-0.4, -0.2) is 12.0 Å². The number of nitrogens with zero attached hydrogens (tertiary/aromatic N) is 1. The number of halogens is 1. The molecule has 0 amide bonds. The third kappa shape index (κ3) is 2.11. The van der Waals surface area contributed by atoms with Crippen LogP contribution < -0.4 is 5.32 Å². The largest absolute Gasteiger partial charge is 0.453 e. The lowest BCUT2D eigenvalue weighted by Crippen LogP contribution is -2.18. The number of rotatable bonds is 3. The average Bonchev–Trinajstić information content (AvgIpc) is 2.86. The summed E-state index contributed by atoms with van der Waals surface area (Å²) in [4.78, 5) is 4.31. The Morgan fingerprint density at radius 2 is 2.00 bits per heavy atom. The molecule has 4 heteroatoms. The molecule has 0 radical (unpaired) electrons.